The number of carbonyl (C=O) groups is 1. The summed E-state index contributed by atoms with van der Waals surface area (Å²) >= 11 is 5.96. The van der Waals surface area contributed by atoms with E-state index >= 15 is 0 Å². The Bertz CT molecular complexity index is 566. The Morgan fingerprint density at radius 1 is 1.35 bits per heavy atom. The van der Waals surface area contributed by atoms with Crippen molar-refractivity contribution in [1.29, 1.82) is 0 Å². The van der Waals surface area contributed by atoms with E-state index in [1.807, 2.05) is 31.2 Å². The van der Waals surface area contributed by atoms with Crippen LogP contribution in [0.3, 0.4) is 0 Å². The van der Waals surface area contributed by atoms with E-state index in [2.05, 4.69) is 16.2 Å². The minimum Gasteiger partial charge on any atom is -0.363 e. The molecule has 17 heavy (non-hydrogen) atoms. The topological polar surface area (TPSA) is 68.9 Å². The van der Waals surface area contributed by atoms with Crippen molar-refractivity contribution in [2.24, 2.45) is 5.73 Å². The number of carbonyl (C=O) groups excluding carboxylic acids is 1. The largest absolute Gasteiger partial charge is 0.363 e. The second-order valence-corrected chi connectivity index (χ2v) is 3.91. The molecular weight excluding hydrogens is 238 g/mol. The van der Waals surface area contributed by atoms with E-state index in [0.29, 0.717) is 5.56 Å². The van der Waals surface area contributed by atoms with Gasteiger partial charge >= 0.3 is 0 Å². The number of aromatic nitrogens is 2. The van der Waals surface area contributed by atoms with Crippen LogP contribution in [-0.4, -0.2) is 15.9 Å². The molecule has 1 radical (unpaired) electrons. The summed E-state index contributed by atoms with van der Waals surface area (Å²) in [5.41, 5.74) is 7.58. The van der Waals surface area contributed by atoms with Crippen molar-refractivity contribution in [3.05, 3.63) is 47.0 Å². The first-order valence-electron chi connectivity index (χ1n) is 4.90. The Labute approximate surface area is 103 Å². The predicted molar refractivity (Wildman–Crippen MR) is 64.6 cm³/mol. The lowest BCUT2D eigenvalue weighted by molar-refractivity contribution is 0.0990. The minimum atomic E-state index is -0.724. The maximum atomic E-state index is 10.9. The van der Waals surface area contributed by atoms with Gasteiger partial charge in [0.25, 0.3) is 5.91 Å². The van der Waals surface area contributed by atoms with Crippen molar-refractivity contribution in [1.82, 2.24) is 9.97 Å². The SMILES string of the molecule is Cc1ccc(-c2[c]nc(C(N)=O)nc2Cl)cc1. The number of primary amides is 1. The van der Waals surface area contributed by atoms with Gasteiger partial charge < -0.3 is 5.73 Å². The summed E-state index contributed by atoms with van der Waals surface area (Å²) in [7, 11) is 0. The van der Waals surface area contributed by atoms with Crippen LogP contribution in [0.25, 0.3) is 11.1 Å². The molecule has 0 spiro atoms. The number of rotatable bonds is 2. The highest BCUT2D eigenvalue weighted by Gasteiger charge is 2.10. The maximum Gasteiger partial charge on any atom is 0.286 e. The van der Waals surface area contributed by atoms with Gasteiger partial charge in [-0.2, -0.15) is 0 Å². The summed E-state index contributed by atoms with van der Waals surface area (Å²) < 4.78 is 0. The van der Waals surface area contributed by atoms with E-state index in [1.165, 1.54) is 0 Å². The number of amides is 1. The average Bonchev–Trinajstić information content (AvgIpc) is 2.30. The van der Waals surface area contributed by atoms with Crippen LogP contribution < -0.4 is 5.73 Å². The van der Waals surface area contributed by atoms with E-state index in [9.17, 15) is 4.79 Å². The number of hydrogen-bond acceptors (Lipinski definition) is 3. The van der Waals surface area contributed by atoms with Gasteiger partial charge in [0.2, 0.25) is 5.82 Å². The third kappa shape index (κ3) is 2.42. The average molecular weight is 247 g/mol. The summed E-state index contributed by atoms with van der Waals surface area (Å²) in [5.74, 6) is -0.857. The minimum absolute atomic E-state index is 0.133. The van der Waals surface area contributed by atoms with Crippen molar-refractivity contribution in [2.45, 2.75) is 6.92 Å². The van der Waals surface area contributed by atoms with Crippen LogP contribution in [0.2, 0.25) is 5.15 Å². The second kappa shape index (κ2) is 4.51. The zero-order valence-corrected chi connectivity index (χ0v) is 9.82. The zero-order valence-electron chi connectivity index (χ0n) is 9.07. The number of halogens is 1. The van der Waals surface area contributed by atoms with Crippen LogP contribution in [0.5, 0.6) is 0 Å². The fraction of sp³-hybridized carbons (Fsp3) is 0.0833. The Morgan fingerprint density at radius 3 is 2.53 bits per heavy atom. The number of benzene rings is 1. The van der Waals surface area contributed by atoms with E-state index in [4.69, 9.17) is 17.3 Å². The standard InChI is InChI=1S/C12H9ClN3O/c1-7-2-4-8(5-3-7)9-6-15-12(11(14)17)16-10(9)13/h2-5H,1H3,(H2,14,17). The van der Waals surface area contributed by atoms with Crippen LogP contribution in [0, 0.1) is 13.1 Å². The first-order valence-corrected chi connectivity index (χ1v) is 5.28. The van der Waals surface area contributed by atoms with Crippen molar-refractivity contribution in [3.63, 3.8) is 0 Å². The van der Waals surface area contributed by atoms with Crippen molar-refractivity contribution in [3.8, 4) is 11.1 Å². The summed E-state index contributed by atoms with van der Waals surface area (Å²) in [6.07, 6.45) is 2.68. The molecule has 5 heteroatoms. The molecule has 1 amide bonds. The zero-order chi connectivity index (χ0) is 12.4. The molecule has 0 fully saturated rings. The molecule has 2 aromatic rings. The number of aryl methyl sites for hydroxylation is 1. The Kier molecular flexibility index (Phi) is 3.06. The van der Waals surface area contributed by atoms with Gasteiger partial charge in [-0.25, -0.2) is 9.97 Å². The lowest BCUT2D eigenvalue weighted by Gasteiger charge is -2.04. The molecular formula is C12H9ClN3O. The molecule has 0 bridgehead atoms. The highest BCUT2D eigenvalue weighted by molar-refractivity contribution is 6.32. The fourth-order valence-corrected chi connectivity index (χ4v) is 1.57. The highest BCUT2D eigenvalue weighted by atomic mass is 35.5. The van der Waals surface area contributed by atoms with Crippen LogP contribution >= 0.6 is 11.6 Å². The van der Waals surface area contributed by atoms with E-state index < -0.39 is 5.91 Å². The number of nitrogens with two attached hydrogens (primary N) is 1. The summed E-state index contributed by atoms with van der Waals surface area (Å²) in [4.78, 5) is 18.4. The van der Waals surface area contributed by atoms with Crippen molar-refractivity contribution in [2.75, 3.05) is 0 Å². The van der Waals surface area contributed by atoms with Crippen LogP contribution in [-0.2, 0) is 0 Å². The quantitative estimate of drug-likeness (QED) is 0.824. The summed E-state index contributed by atoms with van der Waals surface area (Å²) in [6, 6.07) is 7.67. The Balaban J connectivity index is 2.46. The third-order valence-corrected chi connectivity index (χ3v) is 2.52. The van der Waals surface area contributed by atoms with Gasteiger partial charge in [-0.3, -0.25) is 4.79 Å². The van der Waals surface area contributed by atoms with Gasteiger partial charge in [-0.15, -0.1) is 0 Å². The fourth-order valence-electron chi connectivity index (χ4n) is 1.34. The lowest BCUT2D eigenvalue weighted by atomic mass is 10.1. The molecule has 0 aliphatic rings. The molecule has 1 aromatic heterocycles. The smallest absolute Gasteiger partial charge is 0.286 e. The van der Waals surface area contributed by atoms with Gasteiger partial charge in [-0.05, 0) is 12.5 Å². The maximum absolute atomic E-state index is 10.9. The molecule has 1 aromatic carbocycles. The molecule has 0 aliphatic heterocycles. The molecule has 0 saturated carbocycles. The van der Waals surface area contributed by atoms with E-state index in [1.54, 1.807) is 0 Å². The molecule has 85 valence electrons. The van der Waals surface area contributed by atoms with Crippen molar-refractivity contribution >= 4 is 17.5 Å². The monoisotopic (exact) mass is 246 g/mol. The highest BCUT2D eigenvalue weighted by Crippen LogP contribution is 2.25. The molecule has 4 nitrogen and oxygen atoms in total. The summed E-state index contributed by atoms with van der Waals surface area (Å²) in [6.45, 7) is 1.99. The molecule has 0 saturated heterocycles. The normalized spacial score (nSPS) is 10.2. The van der Waals surface area contributed by atoms with E-state index in [-0.39, 0.29) is 11.0 Å². The van der Waals surface area contributed by atoms with Gasteiger partial charge in [-0.1, -0.05) is 41.4 Å². The Hall–Kier alpha value is -1.94. The first kappa shape index (κ1) is 11.5. The van der Waals surface area contributed by atoms with Crippen LogP contribution in [0.15, 0.2) is 24.3 Å². The Morgan fingerprint density at radius 2 is 2.00 bits per heavy atom. The third-order valence-electron chi connectivity index (χ3n) is 2.24. The molecule has 2 N–H and O–H groups in total. The molecule has 1 heterocycles. The van der Waals surface area contributed by atoms with Gasteiger partial charge in [0, 0.05) is 5.56 Å². The van der Waals surface area contributed by atoms with Gasteiger partial charge in [0.05, 0.1) is 0 Å². The van der Waals surface area contributed by atoms with Gasteiger partial charge in [0.1, 0.15) is 11.3 Å². The lowest BCUT2D eigenvalue weighted by Crippen LogP contribution is -2.15. The van der Waals surface area contributed by atoms with Crippen LogP contribution in [0.4, 0.5) is 0 Å². The first-order chi connectivity index (χ1) is 8.08. The summed E-state index contributed by atoms with van der Waals surface area (Å²) in [5, 5.41) is 0.164. The van der Waals surface area contributed by atoms with Crippen molar-refractivity contribution < 1.29 is 4.79 Å². The second-order valence-electron chi connectivity index (χ2n) is 3.56. The van der Waals surface area contributed by atoms with Gasteiger partial charge in [0.15, 0.2) is 0 Å². The van der Waals surface area contributed by atoms with Crippen LogP contribution in [0.1, 0.15) is 16.2 Å². The molecule has 0 atom stereocenters. The molecule has 2 rings (SSSR count). The molecule has 0 unspecified atom stereocenters. The molecule has 0 aliphatic carbocycles. The van der Waals surface area contributed by atoms with E-state index in [0.717, 1.165) is 11.1 Å². The number of hydrogen-bond donors (Lipinski definition) is 1. The number of nitrogens with zero attached hydrogens (tertiary/aromatic N) is 2. The predicted octanol–water partition coefficient (Wildman–Crippen LogP) is 2.00.